The average molecular weight is 216 g/mol. The van der Waals surface area contributed by atoms with Crippen molar-refractivity contribution in [3.05, 3.63) is 0 Å². The molecule has 0 aromatic heterocycles. The quantitative estimate of drug-likeness (QED) is 0.736. The summed E-state index contributed by atoms with van der Waals surface area (Å²) >= 11 is 1.96. The largest absolute Gasteiger partial charge is 0.352 e. The van der Waals surface area contributed by atoms with Gasteiger partial charge in [-0.3, -0.25) is 4.79 Å². The van der Waals surface area contributed by atoms with Crippen molar-refractivity contribution in [2.24, 2.45) is 11.7 Å². The number of hydrogen-bond donors (Lipinski definition) is 2. The van der Waals surface area contributed by atoms with Crippen LogP contribution in [0.3, 0.4) is 0 Å². The van der Waals surface area contributed by atoms with Crippen LogP contribution in [0.4, 0.5) is 0 Å². The number of nitrogens with one attached hydrogen (secondary N) is 1. The second kappa shape index (κ2) is 6.30. The Labute approximate surface area is 90.2 Å². The van der Waals surface area contributed by atoms with Crippen molar-refractivity contribution in [3.8, 4) is 0 Å². The standard InChI is InChI=1S/C10H20N2OS/c1-8(6-11)12-10(13)5-9-3-2-4-14-7-9/h8-9H,2-7,11H2,1H3,(H,12,13). The molecule has 1 fully saturated rings. The van der Waals surface area contributed by atoms with Gasteiger partial charge in [-0.15, -0.1) is 0 Å². The van der Waals surface area contributed by atoms with Gasteiger partial charge < -0.3 is 11.1 Å². The zero-order chi connectivity index (χ0) is 10.4. The molecule has 82 valence electrons. The van der Waals surface area contributed by atoms with Gasteiger partial charge in [-0.05, 0) is 37.2 Å². The first-order valence-corrected chi connectivity index (χ1v) is 6.45. The van der Waals surface area contributed by atoms with Crippen LogP contribution in [0.15, 0.2) is 0 Å². The van der Waals surface area contributed by atoms with E-state index in [1.165, 1.54) is 18.6 Å². The number of carbonyl (C=O) groups excluding carboxylic acids is 1. The Kier molecular flexibility index (Phi) is 5.33. The summed E-state index contributed by atoms with van der Waals surface area (Å²) in [5, 5.41) is 2.90. The molecule has 3 N–H and O–H groups in total. The topological polar surface area (TPSA) is 55.1 Å². The Morgan fingerprint density at radius 1 is 1.71 bits per heavy atom. The predicted octanol–water partition coefficient (Wildman–Crippen LogP) is 0.983. The third-order valence-corrected chi connectivity index (χ3v) is 3.77. The third-order valence-electron chi connectivity index (χ3n) is 2.49. The molecule has 0 bridgehead atoms. The van der Waals surface area contributed by atoms with Crippen molar-refractivity contribution < 1.29 is 4.79 Å². The molecule has 1 rings (SSSR count). The first kappa shape index (κ1) is 11.9. The summed E-state index contributed by atoms with van der Waals surface area (Å²) in [4.78, 5) is 11.5. The van der Waals surface area contributed by atoms with Crippen molar-refractivity contribution >= 4 is 17.7 Å². The number of thioether (sulfide) groups is 1. The molecule has 14 heavy (non-hydrogen) atoms. The minimum Gasteiger partial charge on any atom is -0.352 e. The van der Waals surface area contributed by atoms with Gasteiger partial charge in [0.2, 0.25) is 5.91 Å². The van der Waals surface area contributed by atoms with E-state index in [0.717, 1.165) is 5.75 Å². The Morgan fingerprint density at radius 3 is 3.07 bits per heavy atom. The van der Waals surface area contributed by atoms with Gasteiger partial charge in [0.05, 0.1) is 0 Å². The van der Waals surface area contributed by atoms with Crippen LogP contribution >= 0.6 is 11.8 Å². The lowest BCUT2D eigenvalue weighted by Crippen LogP contribution is -2.38. The van der Waals surface area contributed by atoms with Crippen LogP contribution in [0.5, 0.6) is 0 Å². The number of rotatable bonds is 4. The summed E-state index contributed by atoms with van der Waals surface area (Å²) in [6.45, 7) is 2.46. The highest BCUT2D eigenvalue weighted by atomic mass is 32.2. The lowest BCUT2D eigenvalue weighted by atomic mass is 10.0. The number of nitrogens with two attached hydrogens (primary N) is 1. The molecule has 0 spiro atoms. The van der Waals surface area contributed by atoms with Crippen molar-refractivity contribution in [1.29, 1.82) is 0 Å². The smallest absolute Gasteiger partial charge is 0.220 e. The van der Waals surface area contributed by atoms with Gasteiger partial charge in [0.15, 0.2) is 0 Å². The van der Waals surface area contributed by atoms with Crippen LogP contribution in [0, 0.1) is 5.92 Å². The first-order valence-electron chi connectivity index (χ1n) is 5.29. The van der Waals surface area contributed by atoms with E-state index in [1.807, 2.05) is 18.7 Å². The second-order valence-corrected chi connectivity index (χ2v) is 5.14. The molecule has 4 heteroatoms. The van der Waals surface area contributed by atoms with Gasteiger partial charge in [-0.25, -0.2) is 0 Å². The van der Waals surface area contributed by atoms with Gasteiger partial charge in [0, 0.05) is 19.0 Å². The van der Waals surface area contributed by atoms with E-state index in [-0.39, 0.29) is 11.9 Å². The number of carbonyl (C=O) groups is 1. The third kappa shape index (κ3) is 4.33. The van der Waals surface area contributed by atoms with Gasteiger partial charge in [-0.2, -0.15) is 11.8 Å². The van der Waals surface area contributed by atoms with Crippen LogP contribution in [0.2, 0.25) is 0 Å². The summed E-state index contributed by atoms with van der Waals surface area (Å²) in [5.74, 6) is 3.15. The summed E-state index contributed by atoms with van der Waals surface area (Å²) in [5.41, 5.74) is 5.43. The Bertz CT molecular complexity index is 181. The van der Waals surface area contributed by atoms with Crippen LogP contribution in [-0.4, -0.2) is 30.0 Å². The average Bonchev–Trinajstić information content (AvgIpc) is 2.19. The molecule has 0 aromatic rings. The van der Waals surface area contributed by atoms with Crippen molar-refractivity contribution in [3.63, 3.8) is 0 Å². The van der Waals surface area contributed by atoms with E-state index in [2.05, 4.69) is 5.32 Å². The molecule has 0 radical (unpaired) electrons. The molecule has 2 unspecified atom stereocenters. The van der Waals surface area contributed by atoms with E-state index < -0.39 is 0 Å². The summed E-state index contributed by atoms with van der Waals surface area (Å²) in [6.07, 6.45) is 3.14. The molecule has 1 saturated heterocycles. The van der Waals surface area contributed by atoms with Crippen LogP contribution in [0.25, 0.3) is 0 Å². The Morgan fingerprint density at radius 2 is 2.50 bits per heavy atom. The second-order valence-electron chi connectivity index (χ2n) is 3.99. The van der Waals surface area contributed by atoms with Crippen molar-refractivity contribution in [2.75, 3.05) is 18.1 Å². The van der Waals surface area contributed by atoms with Crippen molar-refractivity contribution in [1.82, 2.24) is 5.32 Å². The molecular formula is C10H20N2OS. The van der Waals surface area contributed by atoms with E-state index >= 15 is 0 Å². The highest BCUT2D eigenvalue weighted by molar-refractivity contribution is 7.99. The van der Waals surface area contributed by atoms with Crippen molar-refractivity contribution in [2.45, 2.75) is 32.2 Å². The molecule has 3 nitrogen and oxygen atoms in total. The zero-order valence-electron chi connectivity index (χ0n) is 8.79. The highest BCUT2D eigenvalue weighted by Crippen LogP contribution is 2.24. The fourth-order valence-corrected chi connectivity index (χ4v) is 2.78. The molecule has 0 saturated carbocycles. The Balaban J connectivity index is 2.18. The fourth-order valence-electron chi connectivity index (χ4n) is 1.62. The highest BCUT2D eigenvalue weighted by Gasteiger charge is 2.17. The monoisotopic (exact) mass is 216 g/mol. The van der Waals surface area contributed by atoms with Gasteiger partial charge in [-0.1, -0.05) is 0 Å². The lowest BCUT2D eigenvalue weighted by Gasteiger charge is -2.21. The van der Waals surface area contributed by atoms with Crippen LogP contribution in [0.1, 0.15) is 26.2 Å². The minimum atomic E-state index is 0.110. The van der Waals surface area contributed by atoms with Crippen LogP contribution < -0.4 is 11.1 Å². The first-order chi connectivity index (χ1) is 6.72. The maximum absolute atomic E-state index is 11.5. The van der Waals surface area contributed by atoms with Gasteiger partial charge in [0.1, 0.15) is 0 Å². The van der Waals surface area contributed by atoms with Gasteiger partial charge >= 0.3 is 0 Å². The molecule has 1 aliphatic heterocycles. The minimum absolute atomic E-state index is 0.110. The molecule has 2 atom stereocenters. The van der Waals surface area contributed by atoms with E-state index in [4.69, 9.17) is 5.73 Å². The molecular weight excluding hydrogens is 196 g/mol. The SMILES string of the molecule is CC(CN)NC(=O)CC1CCCSC1. The molecule has 1 aliphatic rings. The zero-order valence-corrected chi connectivity index (χ0v) is 9.61. The number of amides is 1. The van der Waals surface area contributed by atoms with E-state index in [9.17, 15) is 4.79 Å². The molecule has 1 heterocycles. The molecule has 1 amide bonds. The number of hydrogen-bond acceptors (Lipinski definition) is 3. The summed E-state index contributed by atoms with van der Waals surface area (Å²) in [7, 11) is 0. The van der Waals surface area contributed by atoms with E-state index in [1.54, 1.807) is 0 Å². The molecule has 0 aliphatic carbocycles. The summed E-state index contributed by atoms with van der Waals surface area (Å²) < 4.78 is 0. The normalized spacial score (nSPS) is 24.3. The lowest BCUT2D eigenvalue weighted by molar-refractivity contribution is -0.122. The summed E-state index contributed by atoms with van der Waals surface area (Å²) in [6, 6.07) is 0.110. The predicted molar refractivity (Wildman–Crippen MR) is 61.3 cm³/mol. The molecule has 0 aromatic carbocycles. The maximum atomic E-state index is 11.5. The van der Waals surface area contributed by atoms with Crippen LogP contribution in [-0.2, 0) is 4.79 Å². The maximum Gasteiger partial charge on any atom is 0.220 e. The Hall–Kier alpha value is -0.220. The van der Waals surface area contributed by atoms with Gasteiger partial charge in [0.25, 0.3) is 0 Å². The fraction of sp³-hybridized carbons (Fsp3) is 0.900. The van der Waals surface area contributed by atoms with E-state index in [0.29, 0.717) is 18.9 Å².